The van der Waals surface area contributed by atoms with E-state index in [1.807, 2.05) is 40.7 Å². The average molecular weight is 303 g/mol. The fourth-order valence-corrected chi connectivity index (χ4v) is 1.41. The van der Waals surface area contributed by atoms with E-state index in [0.29, 0.717) is 21.7 Å². The zero-order valence-electron chi connectivity index (χ0n) is 12.0. The Morgan fingerprint density at radius 3 is 2.00 bits per heavy atom. The summed E-state index contributed by atoms with van der Waals surface area (Å²) in [5.41, 5.74) is 0. The van der Waals surface area contributed by atoms with Crippen LogP contribution in [-0.2, 0) is 0 Å². The summed E-state index contributed by atoms with van der Waals surface area (Å²) in [4.78, 5) is 0. The summed E-state index contributed by atoms with van der Waals surface area (Å²) >= 11 is 11.6. The summed E-state index contributed by atoms with van der Waals surface area (Å²) in [6.45, 7) is 9.85. The molecule has 0 saturated carbocycles. The smallest absolute Gasteiger partial charge is 0.290 e. The van der Waals surface area contributed by atoms with Crippen molar-refractivity contribution in [3.05, 3.63) is 46.1 Å². The number of benzene rings is 1. The average Bonchev–Trinajstić information content (AvgIpc) is 2.84. The monoisotopic (exact) mass is 302 g/mol. The number of ether oxygens (including phenoxy) is 1. The molecule has 0 unspecified atom stereocenters. The number of furan rings is 1. The van der Waals surface area contributed by atoms with Gasteiger partial charge in [-0.2, -0.15) is 0 Å². The third kappa shape index (κ3) is 6.04. The second-order valence-corrected chi connectivity index (χ2v) is 3.86. The first-order valence-electron chi connectivity index (χ1n) is 6.34. The molecule has 2 nitrogen and oxygen atoms in total. The molecule has 0 spiro atoms. The van der Waals surface area contributed by atoms with Gasteiger partial charge in [0.15, 0.2) is 0 Å². The quantitative estimate of drug-likeness (QED) is 0.613. The molecule has 1 aromatic carbocycles. The molecule has 106 valence electrons. The summed E-state index contributed by atoms with van der Waals surface area (Å²) < 4.78 is 10.7. The summed E-state index contributed by atoms with van der Waals surface area (Å²) in [6, 6.07) is 8.62. The Hall–Kier alpha value is -1.12. The van der Waals surface area contributed by atoms with Crippen molar-refractivity contribution >= 4 is 23.2 Å². The van der Waals surface area contributed by atoms with Gasteiger partial charge in [0.1, 0.15) is 11.5 Å². The highest BCUT2D eigenvalue weighted by molar-refractivity contribution is 6.42. The minimum absolute atomic E-state index is 0.436. The van der Waals surface area contributed by atoms with Gasteiger partial charge in [0.05, 0.1) is 10.0 Å². The van der Waals surface area contributed by atoms with Gasteiger partial charge in [-0.25, -0.2) is 0 Å². The number of hydrogen-bond acceptors (Lipinski definition) is 2. The zero-order valence-corrected chi connectivity index (χ0v) is 13.5. The van der Waals surface area contributed by atoms with Crippen LogP contribution in [0.4, 0.5) is 0 Å². The van der Waals surface area contributed by atoms with Gasteiger partial charge in [-0.05, 0) is 25.1 Å². The first kappa shape index (κ1) is 17.9. The Morgan fingerprint density at radius 2 is 1.53 bits per heavy atom. The van der Waals surface area contributed by atoms with E-state index < -0.39 is 0 Å². The van der Waals surface area contributed by atoms with E-state index in [1.54, 1.807) is 24.3 Å². The lowest BCUT2D eigenvalue weighted by molar-refractivity contribution is 0.338. The van der Waals surface area contributed by atoms with Crippen LogP contribution in [0.2, 0.25) is 10.0 Å². The molecule has 4 heteroatoms. The lowest BCUT2D eigenvalue weighted by Gasteiger charge is -2.02. The lowest BCUT2D eigenvalue weighted by atomic mass is 10.3. The van der Waals surface area contributed by atoms with Gasteiger partial charge < -0.3 is 9.15 Å². The highest BCUT2D eigenvalue weighted by atomic mass is 35.5. The molecule has 0 aliphatic heterocycles. The minimum atomic E-state index is 0.436. The fraction of sp³-hybridized carbons (Fsp3) is 0.333. The first-order chi connectivity index (χ1) is 9.15. The van der Waals surface area contributed by atoms with Crippen LogP contribution in [0.5, 0.6) is 11.7 Å². The van der Waals surface area contributed by atoms with Gasteiger partial charge in [-0.15, -0.1) is 0 Å². The van der Waals surface area contributed by atoms with E-state index >= 15 is 0 Å². The Balaban J connectivity index is 0.000000741. The molecule has 2 rings (SSSR count). The molecule has 0 radical (unpaired) electrons. The zero-order chi connectivity index (χ0) is 14.8. The maximum Gasteiger partial charge on any atom is 0.290 e. The van der Waals surface area contributed by atoms with Crippen molar-refractivity contribution in [1.29, 1.82) is 0 Å². The minimum Gasteiger partial charge on any atom is -0.431 e. The number of aryl methyl sites for hydroxylation is 1. The van der Waals surface area contributed by atoms with Crippen molar-refractivity contribution in [2.75, 3.05) is 0 Å². The molecule has 2 aromatic rings. The predicted octanol–water partition coefficient (Wildman–Crippen LogP) is 6.74. The molecule has 1 heterocycles. The third-order valence-corrected chi connectivity index (χ3v) is 2.56. The van der Waals surface area contributed by atoms with E-state index in [-0.39, 0.29) is 0 Å². The molecular weight excluding hydrogens is 283 g/mol. The standard InChI is InChI=1S/C11H8Cl2O2.2C2H6/c1-7-2-5-11(14-7)15-8-3-4-9(12)10(13)6-8;2*1-2/h2-6H,1H3;2*1-2H3. The third-order valence-electron chi connectivity index (χ3n) is 1.83. The number of halogens is 2. The van der Waals surface area contributed by atoms with Crippen LogP contribution in [0, 0.1) is 6.92 Å². The Morgan fingerprint density at radius 1 is 0.895 bits per heavy atom. The summed E-state index contributed by atoms with van der Waals surface area (Å²) in [6.07, 6.45) is 0. The van der Waals surface area contributed by atoms with E-state index in [1.165, 1.54) is 0 Å². The molecule has 1 aromatic heterocycles. The van der Waals surface area contributed by atoms with Crippen LogP contribution in [-0.4, -0.2) is 0 Å². The Labute approximate surface area is 125 Å². The van der Waals surface area contributed by atoms with Crippen molar-refractivity contribution in [1.82, 2.24) is 0 Å². The molecule has 0 bridgehead atoms. The first-order valence-corrected chi connectivity index (χ1v) is 7.10. The maximum atomic E-state index is 5.84. The van der Waals surface area contributed by atoms with Gasteiger partial charge in [0, 0.05) is 12.1 Å². The van der Waals surface area contributed by atoms with Crippen LogP contribution in [0.15, 0.2) is 34.7 Å². The normalized spacial score (nSPS) is 8.79. The van der Waals surface area contributed by atoms with Crippen molar-refractivity contribution in [3.63, 3.8) is 0 Å². The van der Waals surface area contributed by atoms with Gasteiger partial charge in [-0.3, -0.25) is 0 Å². The number of hydrogen-bond donors (Lipinski definition) is 0. The van der Waals surface area contributed by atoms with Crippen molar-refractivity contribution in [2.45, 2.75) is 34.6 Å². The molecule has 19 heavy (non-hydrogen) atoms. The van der Waals surface area contributed by atoms with E-state index in [9.17, 15) is 0 Å². The highest BCUT2D eigenvalue weighted by Crippen LogP contribution is 2.29. The summed E-state index contributed by atoms with van der Waals surface area (Å²) in [7, 11) is 0. The molecule has 0 aliphatic carbocycles. The number of rotatable bonds is 2. The summed E-state index contributed by atoms with van der Waals surface area (Å²) in [5, 5.41) is 0.956. The van der Waals surface area contributed by atoms with Crippen molar-refractivity contribution in [2.24, 2.45) is 0 Å². The molecule has 0 aliphatic rings. The topological polar surface area (TPSA) is 22.4 Å². The van der Waals surface area contributed by atoms with Gasteiger partial charge in [0.2, 0.25) is 0 Å². The van der Waals surface area contributed by atoms with Crippen molar-refractivity contribution < 1.29 is 9.15 Å². The van der Waals surface area contributed by atoms with Crippen LogP contribution >= 0.6 is 23.2 Å². The van der Waals surface area contributed by atoms with E-state index in [2.05, 4.69) is 0 Å². The lowest BCUT2D eigenvalue weighted by Crippen LogP contribution is -1.81. The highest BCUT2D eigenvalue weighted by Gasteiger charge is 2.04. The van der Waals surface area contributed by atoms with Crippen molar-refractivity contribution in [3.8, 4) is 11.7 Å². The molecule has 0 amide bonds. The fourth-order valence-electron chi connectivity index (χ4n) is 1.12. The maximum absolute atomic E-state index is 5.84. The SMILES string of the molecule is CC.CC.Cc1ccc(Oc2ccc(Cl)c(Cl)c2)o1. The molecule has 0 fully saturated rings. The van der Waals surface area contributed by atoms with Crippen LogP contribution in [0.3, 0.4) is 0 Å². The predicted molar refractivity (Wildman–Crippen MR) is 82.7 cm³/mol. The van der Waals surface area contributed by atoms with E-state index in [0.717, 1.165) is 5.76 Å². The molecule has 0 N–H and O–H groups in total. The second kappa shape index (κ2) is 9.76. The second-order valence-electron chi connectivity index (χ2n) is 3.04. The largest absolute Gasteiger partial charge is 0.431 e. The molecule has 0 saturated heterocycles. The van der Waals surface area contributed by atoms with Crippen LogP contribution < -0.4 is 4.74 Å². The Kier molecular flexibility index (Phi) is 9.19. The Bertz CT molecular complexity index is 479. The summed E-state index contributed by atoms with van der Waals surface area (Å²) in [5.74, 6) is 1.83. The van der Waals surface area contributed by atoms with Gasteiger partial charge in [0.25, 0.3) is 5.95 Å². The molecular formula is C15H20Cl2O2. The van der Waals surface area contributed by atoms with E-state index in [4.69, 9.17) is 32.4 Å². The van der Waals surface area contributed by atoms with Crippen LogP contribution in [0.25, 0.3) is 0 Å². The van der Waals surface area contributed by atoms with Gasteiger partial charge in [-0.1, -0.05) is 50.9 Å². The molecule has 0 atom stereocenters. The van der Waals surface area contributed by atoms with Crippen LogP contribution in [0.1, 0.15) is 33.5 Å². The van der Waals surface area contributed by atoms with Gasteiger partial charge >= 0.3 is 0 Å².